The number of nitrogens with zero attached hydrogens (tertiary/aromatic N) is 3. The van der Waals surface area contributed by atoms with E-state index in [0.29, 0.717) is 45.8 Å². The molecular formula is C22H29N3O4S. The predicted molar refractivity (Wildman–Crippen MR) is 116 cm³/mol. The van der Waals surface area contributed by atoms with Crippen LogP contribution in [0.5, 0.6) is 11.5 Å². The van der Waals surface area contributed by atoms with Crippen molar-refractivity contribution in [3.05, 3.63) is 59.2 Å². The molecule has 0 bridgehead atoms. The minimum absolute atomic E-state index is 0.458. The Morgan fingerprint density at radius 1 is 0.867 bits per heavy atom. The highest BCUT2D eigenvalue weighted by Crippen LogP contribution is 2.27. The van der Waals surface area contributed by atoms with Gasteiger partial charge in [0.25, 0.3) is 10.2 Å². The first kappa shape index (κ1) is 21.1. The quantitative estimate of drug-likeness (QED) is 0.701. The smallest absolute Gasteiger partial charge is 0.282 e. The van der Waals surface area contributed by atoms with Crippen LogP contribution in [0.25, 0.3) is 0 Å². The molecule has 8 heteroatoms. The summed E-state index contributed by atoms with van der Waals surface area (Å²) in [6.07, 6.45) is 0.769. The molecular weight excluding hydrogens is 402 g/mol. The molecule has 2 aliphatic heterocycles. The lowest BCUT2D eigenvalue weighted by Gasteiger charge is -2.38. The highest BCUT2D eigenvalue weighted by atomic mass is 32.2. The van der Waals surface area contributed by atoms with Crippen LogP contribution >= 0.6 is 0 Å². The summed E-state index contributed by atoms with van der Waals surface area (Å²) in [7, 11) is -0.146. The van der Waals surface area contributed by atoms with Crippen LogP contribution in [0.4, 0.5) is 0 Å². The molecule has 0 spiro atoms. The second kappa shape index (κ2) is 8.93. The van der Waals surface area contributed by atoms with Crippen molar-refractivity contribution in [2.24, 2.45) is 0 Å². The Morgan fingerprint density at radius 2 is 1.60 bits per heavy atom. The Hall–Kier alpha value is -2.13. The molecule has 0 N–H and O–H groups in total. The fraction of sp³-hybridized carbons (Fsp3) is 0.455. The van der Waals surface area contributed by atoms with Crippen molar-refractivity contribution in [1.82, 2.24) is 13.5 Å². The lowest BCUT2D eigenvalue weighted by atomic mass is 10.0. The molecule has 0 radical (unpaired) electrons. The molecule has 30 heavy (non-hydrogen) atoms. The van der Waals surface area contributed by atoms with E-state index in [1.54, 1.807) is 22.8 Å². The van der Waals surface area contributed by atoms with E-state index in [9.17, 15) is 8.42 Å². The number of benzene rings is 2. The first-order valence-corrected chi connectivity index (χ1v) is 11.7. The molecule has 0 aromatic heterocycles. The van der Waals surface area contributed by atoms with E-state index in [0.717, 1.165) is 29.0 Å². The molecule has 0 saturated carbocycles. The summed E-state index contributed by atoms with van der Waals surface area (Å²) in [5.74, 6) is 1.61. The topological polar surface area (TPSA) is 62.3 Å². The fourth-order valence-electron chi connectivity index (χ4n) is 4.19. The van der Waals surface area contributed by atoms with Crippen molar-refractivity contribution in [2.75, 3.05) is 46.9 Å². The van der Waals surface area contributed by atoms with Gasteiger partial charge >= 0.3 is 0 Å². The van der Waals surface area contributed by atoms with Gasteiger partial charge in [0.15, 0.2) is 0 Å². The molecule has 0 amide bonds. The van der Waals surface area contributed by atoms with Crippen molar-refractivity contribution in [3.63, 3.8) is 0 Å². The maximum Gasteiger partial charge on any atom is 0.282 e. The van der Waals surface area contributed by atoms with Gasteiger partial charge in [-0.2, -0.15) is 17.0 Å². The number of methoxy groups -OCH3 is 2. The van der Waals surface area contributed by atoms with Crippen LogP contribution in [-0.2, 0) is 29.7 Å². The van der Waals surface area contributed by atoms with Crippen LogP contribution in [0.3, 0.4) is 0 Å². The fourth-order valence-corrected chi connectivity index (χ4v) is 5.77. The zero-order valence-electron chi connectivity index (χ0n) is 17.6. The van der Waals surface area contributed by atoms with Gasteiger partial charge < -0.3 is 9.47 Å². The van der Waals surface area contributed by atoms with E-state index in [1.807, 2.05) is 36.4 Å². The van der Waals surface area contributed by atoms with Crippen LogP contribution in [0.1, 0.15) is 16.7 Å². The summed E-state index contributed by atoms with van der Waals surface area (Å²) in [5, 5.41) is 0. The second-order valence-electron chi connectivity index (χ2n) is 7.71. The van der Waals surface area contributed by atoms with Crippen molar-refractivity contribution in [2.45, 2.75) is 19.5 Å². The van der Waals surface area contributed by atoms with E-state index in [1.165, 1.54) is 5.56 Å². The molecule has 1 fully saturated rings. The van der Waals surface area contributed by atoms with Crippen molar-refractivity contribution in [3.8, 4) is 11.5 Å². The van der Waals surface area contributed by atoms with Crippen molar-refractivity contribution < 1.29 is 17.9 Å². The highest BCUT2D eigenvalue weighted by molar-refractivity contribution is 7.86. The molecule has 2 aliphatic rings. The van der Waals surface area contributed by atoms with Crippen LogP contribution in [0.2, 0.25) is 0 Å². The highest BCUT2D eigenvalue weighted by Gasteiger charge is 2.34. The molecule has 4 rings (SSSR count). The Bertz CT molecular complexity index is 988. The van der Waals surface area contributed by atoms with E-state index in [-0.39, 0.29) is 0 Å². The largest absolute Gasteiger partial charge is 0.497 e. The monoisotopic (exact) mass is 431 g/mol. The molecule has 1 saturated heterocycles. The van der Waals surface area contributed by atoms with Crippen LogP contribution in [0, 0.1) is 0 Å². The van der Waals surface area contributed by atoms with Crippen molar-refractivity contribution in [1.29, 1.82) is 0 Å². The maximum absolute atomic E-state index is 13.2. The summed E-state index contributed by atoms with van der Waals surface area (Å²) >= 11 is 0. The SMILES string of the molecule is COc1ccc(OC)c(CN2CCN(S(=O)(=O)N3CCc4ccccc4C3)CC2)c1. The second-order valence-corrected chi connectivity index (χ2v) is 9.64. The molecule has 0 atom stereocenters. The summed E-state index contributed by atoms with van der Waals surface area (Å²) in [4.78, 5) is 2.26. The van der Waals surface area contributed by atoms with E-state index >= 15 is 0 Å². The molecule has 162 valence electrons. The molecule has 2 aromatic carbocycles. The van der Waals surface area contributed by atoms with Gasteiger partial charge in [-0.15, -0.1) is 0 Å². The maximum atomic E-state index is 13.2. The lowest BCUT2D eigenvalue weighted by Crippen LogP contribution is -2.53. The molecule has 2 heterocycles. The summed E-state index contributed by atoms with van der Waals surface area (Å²) < 4.78 is 40.4. The van der Waals surface area contributed by atoms with Crippen LogP contribution in [0.15, 0.2) is 42.5 Å². The zero-order valence-corrected chi connectivity index (χ0v) is 18.4. The van der Waals surface area contributed by atoms with Gasteiger partial charge in [-0.3, -0.25) is 4.90 Å². The Balaban J connectivity index is 1.39. The zero-order chi connectivity index (χ0) is 21.1. The number of hydrogen-bond donors (Lipinski definition) is 0. The van der Waals surface area contributed by atoms with Gasteiger partial charge in [0.1, 0.15) is 11.5 Å². The third-order valence-corrected chi connectivity index (χ3v) is 7.94. The van der Waals surface area contributed by atoms with Gasteiger partial charge in [0.05, 0.1) is 14.2 Å². The van der Waals surface area contributed by atoms with Gasteiger partial charge in [-0.05, 0) is 35.7 Å². The van der Waals surface area contributed by atoms with Crippen molar-refractivity contribution >= 4 is 10.2 Å². The Kier molecular flexibility index (Phi) is 6.29. The molecule has 7 nitrogen and oxygen atoms in total. The predicted octanol–water partition coefficient (Wildman–Crippen LogP) is 2.12. The van der Waals surface area contributed by atoms with Crippen LogP contribution < -0.4 is 9.47 Å². The lowest BCUT2D eigenvalue weighted by molar-refractivity contribution is 0.172. The van der Waals surface area contributed by atoms with Gasteiger partial charge in [0, 0.05) is 51.4 Å². The molecule has 0 unspecified atom stereocenters. The number of fused-ring (bicyclic) bond motifs is 1. The average molecular weight is 432 g/mol. The number of piperazine rings is 1. The summed E-state index contributed by atoms with van der Waals surface area (Å²) in [6.45, 7) is 4.05. The Morgan fingerprint density at radius 3 is 2.30 bits per heavy atom. The van der Waals surface area contributed by atoms with E-state index in [2.05, 4.69) is 11.0 Å². The first-order chi connectivity index (χ1) is 14.5. The third kappa shape index (κ3) is 4.32. The average Bonchev–Trinajstić information content (AvgIpc) is 2.79. The number of ether oxygens (including phenoxy) is 2. The summed E-state index contributed by atoms with van der Waals surface area (Å²) in [5.41, 5.74) is 3.40. The van der Waals surface area contributed by atoms with Gasteiger partial charge in [-0.25, -0.2) is 0 Å². The molecule has 2 aromatic rings. The summed E-state index contributed by atoms with van der Waals surface area (Å²) in [6, 6.07) is 13.9. The normalized spacial score (nSPS) is 18.7. The van der Waals surface area contributed by atoms with E-state index in [4.69, 9.17) is 9.47 Å². The molecule has 0 aliphatic carbocycles. The third-order valence-electron chi connectivity index (χ3n) is 5.96. The van der Waals surface area contributed by atoms with Crippen LogP contribution in [-0.4, -0.2) is 68.9 Å². The van der Waals surface area contributed by atoms with Gasteiger partial charge in [0.2, 0.25) is 0 Å². The minimum Gasteiger partial charge on any atom is -0.497 e. The van der Waals surface area contributed by atoms with E-state index < -0.39 is 10.2 Å². The van der Waals surface area contributed by atoms with Gasteiger partial charge in [-0.1, -0.05) is 24.3 Å². The first-order valence-electron chi connectivity index (χ1n) is 10.3. The Labute approximate surface area is 179 Å². The minimum atomic E-state index is -3.45. The number of hydrogen-bond acceptors (Lipinski definition) is 5. The number of rotatable bonds is 6. The standard InChI is InChI=1S/C22H29N3O4S/c1-28-21-7-8-22(29-2)20(15-21)16-23-11-13-24(14-12-23)30(26,27)25-10-9-18-5-3-4-6-19(18)17-25/h3-8,15H,9-14,16-17H2,1-2H3.